The lowest BCUT2D eigenvalue weighted by molar-refractivity contribution is -0.138. The van der Waals surface area contributed by atoms with Crippen molar-refractivity contribution in [2.24, 2.45) is 0 Å². The molecule has 0 aliphatic carbocycles. The molecule has 116 valence electrons. The van der Waals surface area contributed by atoms with Gasteiger partial charge in [-0.2, -0.15) is 0 Å². The fourth-order valence-corrected chi connectivity index (χ4v) is 3.29. The number of carboxylic acid groups (broad SMARTS) is 1. The van der Waals surface area contributed by atoms with Gasteiger partial charge < -0.3 is 5.11 Å². The fourth-order valence-electron chi connectivity index (χ4n) is 2.32. The van der Waals surface area contributed by atoms with Crippen molar-refractivity contribution in [3.63, 3.8) is 0 Å². The molecule has 0 fully saturated rings. The molecule has 0 saturated heterocycles. The second kappa shape index (κ2) is 6.01. The van der Waals surface area contributed by atoms with Crippen LogP contribution in [0.15, 0.2) is 60.0 Å². The van der Waals surface area contributed by atoms with Crippen molar-refractivity contribution in [1.29, 1.82) is 0 Å². The maximum Gasteiger partial charge on any atom is 0.319 e. The largest absolute Gasteiger partial charge is 0.480 e. The molecule has 0 bridgehead atoms. The summed E-state index contributed by atoms with van der Waals surface area (Å²) in [5.41, 5.74) is 1.96. The van der Waals surface area contributed by atoms with Crippen LogP contribution in [0.3, 0.4) is 0 Å². The van der Waals surface area contributed by atoms with Gasteiger partial charge in [0, 0.05) is 29.5 Å². The summed E-state index contributed by atoms with van der Waals surface area (Å²) in [5.74, 6) is -0.860. The summed E-state index contributed by atoms with van der Waals surface area (Å²) in [6.07, 6.45) is 5.27. The van der Waals surface area contributed by atoms with E-state index in [1.54, 1.807) is 26.2 Å². The van der Waals surface area contributed by atoms with Gasteiger partial charge in [0.1, 0.15) is 9.77 Å². The maximum absolute atomic E-state index is 11.4. The summed E-state index contributed by atoms with van der Waals surface area (Å²) in [6.45, 7) is 3.37. The quantitative estimate of drug-likeness (QED) is 0.727. The molecule has 2 aromatic heterocycles. The molecule has 0 radical (unpaired) electrons. The van der Waals surface area contributed by atoms with Gasteiger partial charge in [-0.3, -0.25) is 9.78 Å². The average molecular weight is 324 g/mol. The van der Waals surface area contributed by atoms with Crippen LogP contribution in [-0.2, 0) is 4.79 Å². The summed E-state index contributed by atoms with van der Waals surface area (Å²) in [6, 6.07) is 11.8. The number of fused-ring (bicyclic) bond motifs is 1. The van der Waals surface area contributed by atoms with Crippen LogP contribution in [0.2, 0.25) is 0 Å². The van der Waals surface area contributed by atoms with Crippen LogP contribution < -0.4 is 0 Å². The van der Waals surface area contributed by atoms with Crippen molar-refractivity contribution >= 4 is 28.5 Å². The molecule has 3 aromatic rings. The Morgan fingerprint density at radius 1 is 1.09 bits per heavy atom. The first-order chi connectivity index (χ1) is 11.0. The molecule has 23 heavy (non-hydrogen) atoms. The number of benzene rings is 1. The van der Waals surface area contributed by atoms with Crippen molar-refractivity contribution in [3.8, 4) is 11.1 Å². The number of aliphatic carboxylic acids is 1. The molecule has 1 aromatic carbocycles. The molecule has 0 atom stereocenters. The Balaban J connectivity index is 2.15. The number of carboxylic acids is 1. The highest BCUT2D eigenvalue weighted by Crippen LogP contribution is 2.39. The molecule has 3 rings (SSSR count). The van der Waals surface area contributed by atoms with Crippen LogP contribution in [0.4, 0.5) is 0 Å². The molecule has 4 nitrogen and oxygen atoms in total. The Labute approximate surface area is 138 Å². The Morgan fingerprint density at radius 3 is 2.65 bits per heavy atom. The van der Waals surface area contributed by atoms with E-state index in [9.17, 15) is 9.90 Å². The maximum atomic E-state index is 11.4. The van der Waals surface area contributed by atoms with E-state index in [0.717, 1.165) is 21.9 Å². The number of hydrogen-bond acceptors (Lipinski definition) is 4. The molecule has 0 unspecified atom stereocenters. The highest BCUT2D eigenvalue weighted by Gasteiger charge is 2.30. The van der Waals surface area contributed by atoms with Crippen LogP contribution in [-0.4, -0.2) is 25.8 Å². The topological polar surface area (TPSA) is 63.1 Å². The molecule has 0 aliphatic rings. The van der Waals surface area contributed by atoms with Crippen molar-refractivity contribution in [1.82, 2.24) is 9.97 Å². The third-order valence-corrected chi connectivity index (χ3v) is 4.81. The van der Waals surface area contributed by atoms with Gasteiger partial charge >= 0.3 is 5.97 Å². The summed E-state index contributed by atoms with van der Waals surface area (Å²) < 4.78 is -0.949. The van der Waals surface area contributed by atoms with Gasteiger partial charge in [0.25, 0.3) is 0 Å². The first kappa shape index (κ1) is 15.5. The van der Waals surface area contributed by atoms with Crippen molar-refractivity contribution < 1.29 is 9.90 Å². The lowest BCUT2D eigenvalue weighted by Gasteiger charge is -2.20. The lowest BCUT2D eigenvalue weighted by atomic mass is 10.0. The number of aromatic nitrogens is 2. The number of carbonyl (C=O) groups is 1. The van der Waals surface area contributed by atoms with Crippen LogP contribution in [0.25, 0.3) is 21.9 Å². The van der Waals surface area contributed by atoms with E-state index >= 15 is 0 Å². The predicted octanol–water partition coefficient (Wildman–Crippen LogP) is 4.25. The van der Waals surface area contributed by atoms with E-state index in [-0.39, 0.29) is 0 Å². The van der Waals surface area contributed by atoms with Crippen LogP contribution in [0.5, 0.6) is 0 Å². The lowest BCUT2D eigenvalue weighted by Crippen LogP contribution is -2.27. The number of rotatable bonds is 4. The van der Waals surface area contributed by atoms with E-state index in [0.29, 0.717) is 5.03 Å². The molecule has 0 amide bonds. The summed E-state index contributed by atoms with van der Waals surface area (Å²) >= 11 is 1.26. The van der Waals surface area contributed by atoms with E-state index in [1.807, 2.05) is 42.6 Å². The average Bonchev–Trinajstić information content (AvgIpc) is 2.54. The van der Waals surface area contributed by atoms with Gasteiger partial charge in [0.2, 0.25) is 0 Å². The number of hydrogen-bond donors (Lipinski definition) is 1. The second-order valence-corrected chi connectivity index (χ2v) is 7.29. The van der Waals surface area contributed by atoms with Gasteiger partial charge in [-0.1, -0.05) is 36.0 Å². The number of pyridine rings is 2. The van der Waals surface area contributed by atoms with Crippen LogP contribution in [0.1, 0.15) is 13.8 Å². The number of nitrogens with zero attached hydrogens (tertiary/aromatic N) is 2. The van der Waals surface area contributed by atoms with E-state index < -0.39 is 10.7 Å². The Morgan fingerprint density at radius 2 is 1.87 bits per heavy atom. The van der Waals surface area contributed by atoms with E-state index in [1.165, 1.54) is 11.8 Å². The molecule has 0 saturated carbocycles. The Bertz CT molecular complexity index is 872. The van der Waals surface area contributed by atoms with Gasteiger partial charge in [0.15, 0.2) is 0 Å². The van der Waals surface area contributed by atoms with E-state index in [4.69, 9.17) is 0 Å². The summed E-state index contributed by atoms with van der Waals surface area (Å²) in [7, 11) is 0. The standard InChI is InChI=1S/C18H16N2O2S/c1-18(2,17(21)22)23-16-15(7-4-9-20-16)14-6-3-5-12-11-19-10-8-13(12)14/h3-11H,1-2H3,(H,21,22). The molecule has 0 spiro atoms. The van der Waals surface area contributed by atoms with Crippen LogP contribution >= 0.6 is 11.8 Å². The second-order valence-electron chi connectivity index (χ2n) is 5.68. The predicted molar refractivity (Wildman–Crippen MR) is 92.5 cm³/mol. The third kappa shape index (κ3) is 3.05. The molecule has 2 heterocycles. The SMILES string of the molecule is CC(C)(Sc1ncccc1-c1cccc2cnccc12)C(=O)O. The third-order valence-electron chi connectivity index (χ3n) is 3.61. The van der Waals surface area contributed by atoms with Gasteiger partial charge in [-0.15, -0.1) is 0 Å². The van der Waals surface area contributed by atoms with Gasteiger partial charge in [-0.05, 0) is 36.9 Å². The van der Waals surface area contributed by atoms with Gasteiger partial charge in [0.05, 0.1) is 0 Å². The first-order valence-corrected chi connectivity index (χ1v) is 8.01. The van der Waals surface area contributed by atoms with Crippen molar-refractivity contribution in [3.05, 3.63) is 55.0 Å². The Kier molecular flexibility index (Phi) is 4.05. The molecule has 0 aliphatic heterocycles. The molecular formula is C18H16N2O2S. The zero-order valence-corrected chi connectivity index (χ0v) is 13.7. The minimum atomic E-state index is -0.949. The van der Waals surface area contributed by atoms with E-state index in [2.05, 4.69) is 9.97 Å². The first-order valence-electron chi connectivity index (χ1n) is 7.19. The van der Waals surface area contributed by atoms with Crippen LogP contribution in [0, 0.1) is 0 Å². The highest BCUT2D eigenvalue weighted by molar-refractivity contribution is 8.01. The highest BCUT2D eigenvalue weighted by atomic mass is 32.2. The van der Waals surface area contributed by atoms with Crippen molar-refractivity contribution in [2.45, 2.75) is 23.6 Å². The number of thioether (sulfide) groups is 1. The molecular weight excluding hydrogens is 308 g/mol. The summed E-state index contributed by atoms with van der Waals surface area (Å²) in [4.78, 5) is 20.0. The zero-order valence-electron chi connectivity index (χ0n) is 12.9. The minimum absolute atomic E-state index is 0.712. The molecule has 1 N–H and O–H groups in total. The monoisotopic (exact) mass is 324 g/mol. The molecule has 5 heteroatoms. The smallest absolute Gasteiger partial charge is 0.319 e. The normalized spacial score (nSPS) is 11.6. The van der Waals surface area contributed by atoms with Gasteiger partial charge in [-0.25, -0.2) is 4.98 Å². The van der Waals surface area contributed by atoms with Crippen molar-refractivity contribution in [2.75, 3.05) is 0 Å². The minimum Gasteiger partial charge on any atom is -0.480 e. The fraction of sp³-hybridized carbons (Fsp3) is 0.167. The Hall–Kier alpha value is -2.40. The zero-order chi connectivity index (χ0) is 16.4. The summed E-state index contributed by atoms with van der Waals surface area (Å²) in [5, 5.41) is 12.2.